The fourth-order valence-electron chi connectivity index (χ4n) is 3.49. The first-order chi connectivity index (χ1) is 11.3. The predicted octanol–water partition coefficient (Wildman–Crippen LogP) is 1.66. The Morgan fingerprint density at radius 2 is 1.67 bits per heavy atom. The van der Waals surface area contributed by atoms with Gasteiger partial charge in [0.2, 0.25) is 10.0 Å². The van der Waals surface area contributed by atoms with Gasteiger partial charge in [-0.3, -0.25) is 0 Å². The summed E-state index contributed by atoms with van der Waals surface area (Å²) in [6, 6.07) is 8.49. The number of amides is 2. The van der Waals surface area contributed by atoms with E-state index < -0.39 is 10.0 Å². The Kier molecular flexibility index (Phi) is 4.83. The maximum atomic E-state index is 12.7. The molecule has 2 amide bonds. The highest BCUT2D eigenvalue weighted by Gasteiger charge is 2.36. The third-order valence-corrected chi connectivity index (χ3v) is 6.26. The highest BCUT2D eigenvalue weighted by atomic mass is 32.2. The lowest BCUT2D eigenvalue weighted by atomic mass is 10.1. The molecule has 2 saturated heterocycles. The van der Waals surface area contributed by atoms with Crippen LogP contribution >= 0.6 is 0 Å². The first-order valence-electron chi connectivity index (χ1n) is 8.41. The van der Waals surface area contributed by atoms with Crippen molar-refractivity contribution < 1.29 is 13.2 Å². The fraction of sp³-hybridized carbons (Fsp3) is 0.588. The molecule has 132 valence electrons. The highest BCUT2D eigenvalue weighted by Crippen LogP contribution is 2.23. The van der Waals surface area contributed by atoms with Gasteiger partial charge in [-0.2, -0.15) is 0 Å². The zero-order valence-electron chi connectivity index (χ0n) is 14.3. The summed E-state index contributed by atoms with van der Waals surface area (Å²) in [5.74, 6) is 0. The average Bonchev–Trinajstić information content (AvgIpc) is 2.90. The molecule has 0 atom stereocenters. The van der Waals surface area contributed by atoms with E-state index in [2.05, 4.69) is 31.2 Å². The quantitative estimate of drug-likeness (QED) is 0.829. The van der Waals surface area contributed by atoms with Crippen LogP contribution in [0.2, 0.25) is 0 Å². The van der Waals surface area contributed by atoms with Crippen molar-refractivity contribution in [2.45, 2.75) is 32.4 Å². The number of sulfonamides is 1. The first kappa shape index (κ1) is 17.2. The van der Waals surface area contributed by atoms with Gasteiger partial charge >= 0.3 is 6.03 Å². The summed E-state index contributed by atoms with van der Waals surface area (Å²) in [6.45, 7) is 5.16. The summed E-state index contributed by atoms with van der Waals surface area (Å²) in [4.78, 5) is 16.5. The lowest BCUT2D eigenvalue weighted by Crippen LogP contribution is -2.47. The van der Waals surface area contributed by atoms with E-state index in [9.17, 15) is 13.2 Å². The molecule has 0 unspecified atom stereocenters. The number of carbonyl (C=O) groups excluding carboxylic acids is 1. The van der Waals surface area contributed by atoms with E-state index in [4.69, 9.17) is 0 Å². The van der Waals surface area contributed by atoms with Crippen LogP contribution in [-0.4, -0.2) is 67.0 Å². The molecule has 1 aromatic carbocycles. The summed E-state index contributed by atoms with van der Waals surface area (Å²) < 4.78 is 24.7. The molecule has 0 radical (unpaired) electrons. The summed E-state index contributed by atoms with van der Waals surface area (Å²) in [5.41, 5.74) is 2.36. The number of urea groups is 1. The van der Waals surface area contributed by atoms with Crippen LogP contribution in [0, 0.1) is 6.92 Å². The summed E-state index contributed by atoms with van der Waals surface area (Å²) >= 11 is 0. The average molecular weight is 351 g/mol. The minimum Gasteiger partial charge on any atom is -0.320 e. The molecule has 7 heteroatoms. The number of carbonyl (C=O) groups is 1. The minimum absolute atomic E-state index is 0.0772. The molecule has 0 aromatic heterocycles. The van der Waals surface area contributed by atoms with Gasteiger partial charge < -0.3 is 9.80 Å². The Morgan fingerprint density at radius 3 is 2.25 bits per heavy atom. The van der Waals surface area contributed by atoms with E-state index in [-0.39, 0.29) is 12.1 Å². The molecule has 0 saturated carbocycles. The Balaban J connectivity index is 1.57. The molecule has 3 rings (SSSR count). The van der Waals surface area contributed by atoms with Crippen molar-refractivity contribution in [1.82, 2.24) is 14.1 Å². The SMILES string of the molecule is Cc1ccc(CN2CCN(C3CCN(S(C)(=O)=O)CC3)C2=O)cc1. The van der Waals surface area contributed by atoms with Crippen LogP contribution < -0.4 is 0 Å². The Hall–Kier alpha value is -1.60. The van der Waals surface area contributed by atoms with Gasteiger partial charge in [-0.15, -0.1) is 0 Å². The number of hydrogen-bond acceptors (Lipinski definition) is 3. The Labute approximate surface area is 144 Å². The van der Waals surface area contributed by atoms with E-state index >= 15 is 0 Å². The van der Waals surface area contributed by atoms with Gasteiger partial charge in [0.1, 0.15) is 0 Å². The maximum absolute atomic E-state index is 12.7. The molecule has 0 bridgehead atoms. The number of benzene rings is 1. The molecule has 2 fully saturated rings. The molecule has 24 heavy (non-hydrogen) atoms. The molecule has 1 aromatic rings. The van der Waals surface area contributed by atoms with E-state index in [0.717, 1.165) is 31.5 Å². The normalized spacial score (nSPS) is 20.8. The van der Waals surface area contributed by atoms with E-state index in [1.807, 2.05) is 9.80 Å². The fourth-order valence-corrected chi connectivity index (χ4v) is 4.36. The molecular formula is C17H25N3O3S. The number of nitrogens with zero attached hydrogens (tertiary/aromatic N) is 3. The summed E-state index contributed by atoms with van der Waals surface area (Å²) in [5, 5.41) is 0. The largest absolute Gasteiger partial charge is 0.320 e. The predicted molar refractivity (Wildman–Crippen MR) is 93.1 cm³/mol. The Morgan fingerprint density at radius 1 is 1.04 bits per heavy atom. The van der Waals surface area contributed by atoms with E-state index in [0.29, 0.717) is 19.6 Å². The van der Waals surface area contributed by atoms with Crippen molar-refractivity contribution in [2.24, 2.45) is 0 Å². The van der Waals surface area contributed by atoms with Crippen molar-refractivity contribution in [1.29, 1.82) is 0 Å². The van der Waals surface area contributed by atoms with Gasteiger partial charge in [-0.25, -0.2) is 17.5 Å². The van der Waals surface area contributed by atoms with Crippen LogP contribution in [0.3, 0.4) is 0 Å². The number of hydrogen-bond donors (Lipinski definition) is 0. The van der Waals surface area contributed by atoms with Gasteiger partial charge in [-0.1, -0.05) is 29.8 Å². The lowest BCUT2D eigenvalue weighted by molar-refractivity contribution is 0.154. The zero-order chi connectivity index (χ0) is 17.3. The van der Waals surface area contributed by atoms with Crippen molar-refractivity contribution >= 4 is 16.1 Å². The molecule has 0 N–H and O–H groups in total. The van der Waals surface area contributed by atoms with Gasteiger partial charge in [0.05, 0.1) is 6.26 Å². The summed E-state index contributed by atoms with van der Waals surface area (Å²) in [6.07, 6.45) is 2.69. The maximum Gasteiger partial charge on any atom is 0.320 e. The van der Waals surface area contributed by atoms with Crippen LogP contribution in [0.4, 0.5) is 4.79 Å². The third-order valence-electron chi connectivity index (χ3n) is 4.95. The molecule has 2 heterocycles. The minimum atomic E-state index is -3.12. The smallest absolute Gasteiger partial charge is 0.320 e. The second-order valence-corrected chi connectivity index (χ2v) is 8.76. The molecule has 2 aliphatic rings. The van der Waals surface area contributed by atoms with Gasteiger partial charge in [-0.05, 0) is 25.3 Å². The van der Waals surface area contributed by atoms with Crippen LogP contribution in [0.5, 0.6) is 0 Å². The second kappa shape index (κ2) is 6.72. The van der Waals surface area contributed by atoms with Gasteiger partial charge in [0, 0.05) is 38.8 Å². The highest BCUT2D eigenvalue weighted by molar-refractivity contribution is 7.88. The third kappa shape index (κ3) is 3.72. The van der Waals surface area contributed by atoms with Gasteiger partial charge in [0.25, 0.3) is 0 Å². The molecule has 0 aliphatic carbocycles. The van der Waals surface area contributed by atoms with Crippen LogP contribution in [-0.2, 0) is 16.6 Å². The van der Waals surface area contributed by atoms with Crippen molar-refractivity contribution in [3.05, 3.63) is 35.4 Å². The number of rotatable bonds is 4. The van der Waals surface area contributed by atoms with Crippen molar-refractivity contribution in [3.63, 3.8) is 0 Å². The molecular weight excluding hydrogens is 326 g/mol. The van der Waals surface area contributed by atoms with Crippen molar-refractivity contribution in [3.8, 4) is 0 Å². The number of aryl methyl sites for hydroxylation is 1. The number of piperidine rings is 1. The van der Waals surface area contributed by atoms with E-state index in [1.54, 1.807) is 0 Å². The monoisotopic (exact) mass is 351 g/mol. The van der Waals surface area contributed by atoms with Crippen molar-refractivity contribution in [2.75, 3.05) is 32.4 Å². The lowest BCUT2D eigenvalue weighted by Gasteiger charge is -2.35. The van der Waals surface area contributed by atoms with Crippen LogP contribution in [0.25, 0.3) is 0 Å². The van der Waals surface area contributed by atoms with E-state index in [1.165, 1.54) is 16.1 Å². The van der Waals surface area contributed by atoms with Crippen LogP contribution in [0.1, 0.15) is 24.0 Å². The summed E-state index contributed by atoms with van der Waals surface area (Å²) in [7, 11) is -3.12. The topological polar surface area (TPSA) is 60.9 Å². The molecule has 6 nitrogen and oxygen atoms in total. The molecule has 0 spiro atoms. The van der Waals surface area contributed by atoms with Gasteiger partial charge in [0.15, 0.2) is 0 Å². The zero-order valence-corrected chi connectivity index (χ0v) is 15.1. The first-order valence-corrected chi connectivity index (χ1v) is 10.3. The molecule has 2 aliphatic heterocycles. The second-order valence-electron chi connectivity index (χ2n) is 6.78. The van der Waals surface area contributed by atoms with Crippen LogP contribution in [0.15, 0.2) is 24.3 Å². The standard InChI is InChI=1S/C17H25N3O3S/c1-14-3-5-15(6-4-14)13-18-11-12-20(17(18)21)16-7-9-19(10-8-16)24(2,22)23/h3-6,16H,7-13H2,1-2H3. The Bertz CT molecular complexity index is 694.